The van der Waals surface area contributed by atoms with Gasteiger partial charge in [-0.2, -0.15) is 0 Å². The fourth-order valence-electron chi connectivity index (χ4n) is 2.54. The van der Waals surface area contributed by atoms with E-state index in [0.717, 1.165) is 26.7 Å². The van der Waals surface area contributed by atoms with Crippen molar-refractivity contribution in [2.45, 2.75) is 13.0 Å². The van der Waals surface area contributed by atoms with Crippen LogP contribution >= 0.6 is 11.3 Å². The van der Waals surface area contributed by atoms with Gasteiger partial charge in [0.1, 0.15) is 10.8 Å². The van der Waals surface area contributed by atoms with Gasteiger partial charge in [-0.05, 0) is 31.2 Å². The first-order chi connectivity index (χ1) is 12.1. The van der Waals surface area contributed by atoms with E-state index in [-0.39, 0.29) is 18.5 Å². The van der Waals surface area contributed by atoms with Crippen LogP contribution in [0.4, 0.5) is 5.69 Å². The molecule has 0 aliphatic rings. The first-order valence-electron chi connectivity index (χ1n) is 8.08. The van der Waals surface area contributed by atoms with Crippen molar-refractivity contribution >= 4 is 33.1 Å². The molecule has 25 heavy (non-hydrogen) atoms. The molecule has 0 bridgehead atoms. The molecular formula is C19H21N3O2S. The number of nitrogens with zero attached hydrogens (tertiary/aromatic N) is 2. The van der Waals surface area contributed by atoms with Crippen LogP contribution in [-0.2, 0) is 4.79 Å². The molecule has 0 unspecified atom stereocenters. The number of nitrogens with one attached hydrogen (secondary N) is 1. The molecule has 1 N–H and O–H groups in total. The third-order valence-corrected chi connectivity index (χ3v) is 5.39. The van der Waals surface area contributed by atoms with E-state index in [2.05, 4.69) is 10.3 Å². The minimum Gasteiger partial charge on any atom is -0.495 e. The normalized spacial score (nSPS) is 12.0. The van der Waals surface area contributed by atoms with Crippen molar-refractivity contribution in [2.24, 2.45) is 0 Å². The predicted octanol–water partition coefficient (Wildman–Crippen LogP) is 3.94. The highest BCUT2D eigenvalue weighted by atomic mass is 32.1. The van der Waals surface area contributed by atoms with E-state index in [4.69, 9.17) is 4.74 Å². The van der Waals surface area contributed by atoms with E-state index < -0.39 is 0 Å². The Labute approximate surface area is 151 Å². The number of amides is 1. The maximum absolute atomic E-state index is 12.5. The molecule has 0 aliphatic carbocycles. The number of likely N-dealkylation sites (N-methyl/N-ethyl adjacent to an activating group) is 1. The molecule has 5 nitrogen and oxygen atoms in total. The number of ether oxygens (including phenoxy) is 1. The highest BCUT2D eigenvalue weighted by Gasteiger charge is 2.20. The molecule has 1 heterocycles. The molecule has 0 saturated carbocycles. The number of anilines is 1. The molecule has 2 aromatic carbocycles. The Kier molecular flexibility index (Phi) is 5.19. The third kappa shape index (κ3) is 3.74. The zero-order chi connectivity index (χ0) is 17.8. The Morgan fingerprint density at radius 2 is 1.96 bits per heavy atom. The van der Waals surface area contributed by atoms with Crippen LogP contribution < -0.4 is 10.1 Å². The number of carbonyl (C=O) groups excluding carboxylic acids is 1. The van der Waals surface area contributed by atoms with Crippen molar-refractivity contribution in [1.29, 1.82) is 0 Å². The fraction of sp³-hybridized carbons (Fsp3) is 0.263. The van der Waals surface area contributed by atoms with E-state index in [1.54, 1.807) is 23.3 Å². The third-order valence-electron chi connectivity index (χ3n) is 4.18. The van der Waals surface area contributed by atoms with Crippen LogP contribution in [0.1, 0.15) is 18.0 Å². The van der Waals surface area contributed by atoms with Gasteiger partial charge < -0.3 is 15.0 Å². The van der Waals surface area contributed by atoms with Gasteiger partial charge in [0.15, 0.2) is 0 Å². The van der Waals surface area contributed by atoms with Gasteiger partial charge in [-0.1, -0.05) is 24.3 Å². The number of hydrogen-bond donors (Lipinski definition) is 1. The van der Waals surface area contributed by atoms with Crippen LogP contribution in [0.25, 0.3) is 10.2 Å². The van der Waals surface area contributed by atoms with Crippen molar-refractivity contribution in [3.8, 4) is 5.75 Å². The summed E-state index contributed by atoms with van der Waals surface area (Å²) in [4.78, 5) is 18.9. The zero-order valence-electron chi connectivity index (χ0n) is 14.5. The molecule has 6 heteroatoms. The predicted molar refractivity (Wildman–Crippen MR) is 102 cm³/mol. The quantitative estimate of drug-likeness (QED) is 0.728. The second kappa shape index (κ2) is 7.53. The molecule has 0 aliphatic heterocycles. The minimum absolute atomic E-state index is 0.00216. The summed E-state index contributed by atoms with van der Waals surface area (Å²) in [6.45, 7) is 2.20. The van der Waals surface area contributed by atoms with E-state index >= 15 is 0 Å². The highest BCUT2D eigenvalue weighted by Crippen LogP contribution is 2.29. The van der Waals surface area contributed by atoms with E-state index in [9.17, 15) is 4.79 Å². The summed E-state index contributed by atoms with van der Waals surface area (Å²) in [5.41, 5.74) is 1.78. The standard InChI is InChI=1S/C19H21N3O2S/c1-13(19-21-15-9-5-7-11-17(15)25-19)22(2)18(23)12-20-14-8-4-6-10-16(14)24-3/h4-11,13,20H,12H2,1-3H3/t13-/m1/s1. The van der Waals surface area contributed by atoms with Crippen molar-refractivity contribution in [1.82, 2.24) is 9.88 Å². The number of aromatic nitrogens is 1. The number of fused-ring (bicyclic) bond motifs is 1. The number of methoxy groups -OCH3 is 1. The monoisotopic (exact) mass is 355 g/mol. The second-order valence-electron chi connectivity index (χ2n) is 5.75. The molecule has 1 amide bonds. The van der Waals surface area contributed by atoms with Gasteiger partial charge in [0, 0.05) is 7.05 Å². The lowest BCUT2D eigenvalue weighted by Gasteiger charge is -2.23. The van der Waals surface area contributed by atoms with Gasteiger partial charge in [0.25, 0.3) is 0 Å². The molecule has 0 spiro atoms. The average Bonchev–Trinajstić information content (AvgIpc) is 3.09. The molecule has 3 rings (SSSR count). The number of para-hydroxylation sites is 3. The van der Waals surface area contributed by atoms with E-state index in [1.807, 2.05) is 62.5 Å². The maximum Gasteiger partial charge on any atom is 0.242 e. The SMILES string of the molecule is COc1ccccc1NCC(=O)N(C)[C@H](C)c1nc2ccccc2s1. The molecule has 1 aromatic heterocycles. The Balaban J connectivity index is 1.67. The Morgan fingerprint density at radius 3 is 2.72 bits per heavy atom. The van der Waals surface area contributed by atoms with Gasteiger partial charge >= 0.3 is 0 Å². The van der Waals surface area contributed by atoms with Crippen LogP contribution in [-0.4, -0.2) is 36.5 Å². The van der Waals surface area contributed by atoms with Gasteiger partial charge in [0.05, 0.1) is 35.6 Å². The fourth-order valence-corrected chi connectivity index (χ4v) is 3.60. The summed E-state index contributed by atoms with van der Waals surface area (Å²) < 4.78 is 6.43. The van der Waals surface area contributed by atoms with Gasteiger partial charge in [0.2, 0.25) is 5.91 Å². The summed E-state index contributed by atoms with van der Waals surface area (Å²) in [5, 5.41) is 4.08. The summed E-state index contributed by atoms with van der Waals surface area (Å²) in [5.74, 6) is 0.717. The lowest BCUT2D eigenvalue weighted by Crippen LogP contribution is -2.34. The average molecular weight is 355 g/mol. The highest BCUT2D eigenvalue weighted by molar-refractivity contribution is 7.18. The summed E-state index contributed by atoms with van der Waals surface area (Å²) in [6, 6.07) is 15.5. The summed E-state index contributed by atoms with van der Waals surface area (Å²) >= 11 is 1.63. The van der Waals surface area contributed by atoms with Crippen LogP contribution in [0, 0.1) is 0 Å². The van der Waals surface area contributed by atoms with E-state index in [0.29, 0.717) is 0 Å². The van der Waals surface area contributed by atoms with Crippen molar-refractivity contribution in [2.75, 3.05) is 26.0 Å². The van der Waals surface area contributed by atoms with Crippen molar-refractivity contribution in [3.05, 3.63) is 53.5 Å². The molecule has 0 fully saturated rings. The van der Waals surface area contributed by atoms with E-state index in [1.165, 1.54) is 0 Å². The summed E-state index contributed by atoms with van der Waals surface area (Å²) in [7, 11) is 3.42. The van der Waals surface area contributed by atoms with Gasteiger partial charge in [-0.25, -0.2) is 4.98 Å². The number of hydrogen-bond acceptors (Lipinski definition) is 5. The zero-order valence-corrected chi connectivity index (χ0v) is 15.3. The second-order valence-corrected chi connectivity index (χ2v) is 6.82. The lowest BCUT2D eigenvalue weighted by molar-refractivity contribution is -0.129. The first kappa shape index (κ1) is 17.2. The summed E-state index contributed by atoms with van der Waals surface area (Å²) in [6.07, 6.45) is 0. The topological polar surface area (TPSA) is 54.5 Å². The lowest BCUT2D eigenvalue weighted by atomic mass is 10.2. The largest absolute Gasteiger partial charge is 0.495 e. The Morgan fingerprint density at radius 1 is 1.24 bits per heavy atom. The smallest absolute Gasteiger partial charge is 0.242 e. The Hall–Kier alpha value is -2.60. The molecule has 0 radical (unpaired) electrons. The first-order valence-corrected chi connectivity index (χ1v) is 8.90. The molecule has 0 saturated heterocycles. The van der Waals surface area contributed by atoms with Crippen LogP contribution in [0.2, 0.25) is 0 Å². The van der Waals surface area contributed by atoms with Crippen molar-refractivity contribution < 1.29 is 9.53 Å². The number of carbonyl (C=O) groups is 1. The van der Waals surface area contributed by atoms with Gasteiger partial charge in [-0.3, -0.25) is 4.79 Å². The molecule has 3 aromatic rings. The van der Waals surface area contributed by atoms with Crippen molar-refractivity contribution in [3.63, 3.8) is 0 Å². The number of rotatable bonds is 6. The number of thiazole rings is 1. The van der Waals surface area contributed by atoms with Crippen LogP contribution in [0.5, 0.6) is 5.75 Å². The van der Waals surface area contributed by atoms with Gasteiger partial charge in [-0.15, -0.1) is 11.3 Å². The molecular weight excluding hydrogens is 334 g/mol. The number of benzene rings is 2. The Bertz CT molecular complexity index is 845. The van der Waals surface area contributed by atoms with Crippen LogP contribution in [0.3, 0.4) is 0 Å². The maximum atomic E-state index is 12.5. The van der Waals surface area contributed by atoms with Crippen LogP contribution in [0.15, 0.2) is 48.5 Å². The molecule has 1 atom stereocenters. The minimum atomic E-state index is -0.0793. The molecule has 130 valence electrons.